The molecule has 1 aliphatic rings. The van der Waals surface area contributed by atoms with Gasteiger partial charge in [0.15, 0.2) is 0 Å². The zero-order valence-electron chi connectivity index (χ0n) is 14.0. The quantitative estimate of drug-likeness (QED) is 0.752. The summed E-state index contributed by atoms with van der Waals surface area (Å²) < 4.78 is 3.95. The number of halogens is 1. The van der Waals surface area contributed by atoms with E-state index in [0.29, 0.717) is 24.7 Å². The molecule has 1 amide bonds. The zero-order chi connectivity index (χ0) is 17.7. The lowest BCUT2D eigenvalue weighted by molar-refractivity contribution is -0.125. The molecule has 1 aliphatic heterocycles. The number of aromatic nitrogens is 5. The lowest BCUT2D eigenvalue weighted by atomic mass is 10.1. The molecule has 8 nitrogen and oxygen atoms in total. The number of imidazole rings is 1. The molecule has 0 saturated heterocycles. The van der Waals surface area contributed by atoms with Crippen LogP contribution in [0.5, 0.6) is 0 Å². The molecule has 1 atom stereocenters. The van der Waals surface area contributed by atoms with E-state index >= 15 is 0 Å². The summed E-state index contributed by atoms with van der Waals surface area (Å²) in [4.78, 5) is 18.6. The minimum atomic E-state index is -0.425. The van der Waals surface area contributed by atoms with E-state index in [9.17, 15) is 4.79 Å². The number of nitrogens with two attached hydrogens (primary N) is 1. The molecule has 2 aromatic heterocycles. The van der Waals surface area contributed by atoms with Crippen molar-refractivity contribution in [3.05, 3.63) is 40.7 Å². The molecule has 1 unspecified atom stereocenters. The summed E-state index contributed by atoms with van der Waals surface area (Å²) in [5.74, 6) is 2.10. The first kappa shape index (κ1) is 16.0. The van der Waals surface area contributed by atoms with Gasteiger partial charge in [-0.1, -0.05) is 11.6 Å². The Bertz CT molecular complexity index is 976. The van der Waals surface area contributed by atoms with Crippen molar-refractivity contribution in [3.8, 4) is 0 Å². The Kier molecular flexibility index (Phi) is 3.73. The highest BCUT2D eigenvalue weighted by atomic mass is 35.5. The van der Waals surface area contributed by atoms with E-state index in [1.165, 1.54) is 0 Å². The van der Waals surface area contributed by atoms with Gasteiger partial charge >= 0.3 is 0 Å². The molecular weight excluding hydrogens is 342 g/mol. The van der Waals surface area contributed by atoms with Crippen LogP contribution < -0.4 is 5.73 Å². The highest BCUT2D eigenvalue weighted by molar-refractivity contribution is 6.31. The van der Waals surface area contributed by atoms with Gasteiger partial charge in [-0.15, -0.1) is 10.2 Å². The molecule has 0 spiro atoms. The van der Waals surface area contributed by atoms with Crippen LogP contribution in [-0.4, -0.2) is 41.2 Å². The highest BCUT2D eigenvalue weighted by Gasteiger charge is 2.33. The van der Waals surface area contributed by atoms with Gasteiger partial charge in [0.05, 0.1) is 30.7 Å². The first-order valence-corrected chi connectivity index (χ1v) is 8.34. The molecule has 9 heteroatoms. The Morgan fingerprint density at radius 2 is 2.20 bits per heavy atom. The van der Waals surface area contributed by atoms with Crippen LogP contribution in [0.4, 0.5) is 0 Å². The number of benzene rings is 1. The molecule has 0 saturated carbocycles. The monoisotopic (exact) mass is 359 g/mol. The summed E-state index contributed by atoms with van der Waals surface area (Å²) in [6, 6.07) is 5.19. The van der Waals surface area contributed by atoms with Crippen molar-refractivity contribution in [1.82, 2.24) is 29.2 Å². The van der Waals surface area contributed by atoms with Crippen LogP contribution in [0.15, 0.2) is 18.2 Å². The van der Waals surface area contributed by atoms with Crippen molar-refractivity contribution in [3.63, 3.8) is 0 Å². The van der Waals surface area contributed by atoms with Gasteiger partial charge in [-0.05, 0) is 25.1 Å². The number of carbonyl (C=O) groups excluding carboxylic acids is 1. The van der Waals surface area contributed by atoms with E-state index < -0.39 is 6.04 Å². The fourth-order valence-corrected chi connectivity index (χ4v) is 3.51. The summed E-state index contributed by atoms with van der Waals surface area (Å²) in [7, 11) is 1.95. The fraction of sp³-hybridized carbons (Fsp3) is 0.375. The Hall–Kier alpha value is -2.45. The van der Waals surface area contributed by atoms with Gasteiger partial charge in [0, 0.05) is 12.1 Å². The van der Waals surface area contributed by atoms with Crippen LogP contribution in [0.1, 0.15) is 17.5 Å². The van der Waals surface area contributed by atoms with Crippen molar-refractivity contribution < 1.29 is 4.79 Å². The third kappa shape index (κ3) is 2.67. The van der Waals surface area contributed by atoms with Crippen LogP contribution >= 0.6 is 11.6 Å². The van der Waals surface area contributed by atoms with E-state index in [-0.39, 0.29) is 5.91 Å². The van der Waals surface area contributed by atoms with Gasteiger partial charge in [-0.2, -0.15) is 0 Å². The summed E-state index contributed by atoms with van der Waals surface area (Å²) in [6.45, 7) is 3.32. The second-order valence-corrected chi connectivity index (χ2v) is 6.75. The molecule has 0 radical (unpaired) electrons. The van der Waals surface area contributed by atoms with Crippen LogP contribution in [0.25, 0.3) is 11.0 Å². The molecule has 1 aromatic carbocycles. The minimum absolute atomic E-state index is 0.361. The van der Waals surface area contributed by atoms with Crippen molar-refractivity contribution in [2.75, 3.05) is 0 Å². The number of rotatable bonds is 3. The summed E-state index contributed by atoms with van der Waals surface area (Å²) >= 11 is 6.06. The maximum absolute atomic E-state index is 12.0. The molecule has 3 heterocycles. The van der Waals surface area contributed by atoms with Crippen molar-refractivity contribution in [1.29, 1.82) is 0 Å². The number of carbonyl (C=O) groups is 1. The fourth-order valence-electron chi connectivity index (χ4n) is 3.34. The largest absolute Gasteiger partial charge is 0.368 e. The summed E-state index contributed by atoms with van der Waals surface area (Å²) in [5, 5.41) is 8.93. The Balaban J connectivity index is 1.69. The maximum Gasteiger partial charge on any atom is 0.236 e. The lowest BCUT2D eigenvalue weighted by Gasteiger charge is -2.33. The van der Waals surface area contributed by atoms with E-state index in [4.69, 9.17) is 17.3 Å². The maximum atomic E-state index is 12.0. The molecule has 4 rings (SSSR count). The molecule has 3 aromatic rings. The smallest absolute Gasteiger partial charge is 0.236 e. The van der Waals surface area contributed by atoms with Gasteiger partial charge in [0.1, 0.15) is 23.5 Å². The number of primary amides is 1. The topological polar surface area (TPSA) is 94.9 Å². The molecule has 0 fully saturated rings. The highest BCUT2D eigenvalue weighted by Crippen LogP contribution is 2.23. The average molecular weight is 360 g/mol. The standard InChI is InChI=1S/C16H18ClN7O/c1-9-20-21-15-8-23(13(16(18)25)6-24(9)15)7-14-19-11-5-10(17)3-4-12(11)22(14)2/h3-5,13H,6-8H2,1-2H3,(H2,18,25). The van der Waals surface area contributed by atoms with Crippen molar-refractivity contribution in [2.45, 2.75) is 32.6 Å². The van der Waals surface area contributed by atoms with Crippen molar-refractivity contribution in [2.24, 2.45) is 12.8 Å². The number of nitrogens with zero attached hydrogens (tertiary/aromatic N) is 6. The molecule has 0 aliphatic carbocycles. The summed E-state index contributed by atoms with van der Waals surface area (Å²) in [5.41, 5.74) is 7.46. The van der Waals surface area contributed by atoms with E-state index in [1.807, 2.05) is 46.2 Å². The van der Waals surface area contributed by atoms with Crippen LogP contribution in [-0.2, 0) is 31.5 Å². The number of fused-ring (bicyclic) bond motifs is 2. The lowest BCUT2D eigenvalue weighted by Crippen LogP contribution is -2.50. The first-order valence-electron chi connectivity index (χ1n) is 7.97. The third-order valence-electron chi connectivity index (χ3n) is 4.76. The second kappa shape index (κ2) is 5.82. The number of hydrogen-bond acceptors (Lipinski definition) is 5. The predicted molar refractivity (Wildman–Crippen MR) is 92.7 cm³/mol. The van der Waals surface area contributed by atoms with E-state index in [1.54, 1.807) is 0 Å². The Morgan fingerprint density at radius 3 is 2.96 bits per heavy atom. The number of amides is 1. The molecule has 130 valence electrons. The Labute approximate surface area is 149 Å². The zero-order valence-corrected chi connectivity index (χ0v) is 14.7. The SMILES string of the molecule is Cc1nnc2n1CC(C(N)=O)N(Cc1nc3cc(Cl)ccc3n1C)C2. The molecular formula is C16H18ClN7O. The molecule has 2 N–H and O–H groups in total. The first-order chi connectivity index (χ1) is 11.9. The molecule has 0 bridgehead atoms. The van der Waals surface area contributed by atoms with Gasteiger partial charge in [-0.25, -0.2) is 4.98 Å². The van der Waals surface area contributed by atoms with Gasteiger partial charge in [-0.3, -0.25) is 9.69 Å². The van der Waals surface area contributed by atoms with Gasteiger partial charge in [0.25, 0.3) is 0 Å². The number of hydrogen-bond donors (Lipinski definition) is 1. The van der Waals surface area contributed by atoms with Crippen LogP contribution in [0.2, 0.25) is 5.02 Å². The van der Waals surface area contributed by atoms with Crippen LogP contribution in [0.3, 0.4) is 0 Å². The molecule has 25 heavy (non-hydrogen) atoms. The van der Waals surface area contributed by atoms with Crippen LogP contribution in [0, 0.1) is 6.92 Å². The predicted octanol–water partition coefficient (Wildman–Crippen LogP) is 0.996. The van der Waals surface area contributed by atoms with Gasteiger partial charge < -0.3 is 14.9 Å². The number of aryl methyl sites for hydroxylation is 2. The van der Waals surface area contributed by atoms with E-state index in [0.717, 1.165) is 28.5 Å². The average Bonchev–Trinajstić information content (AvgIpc) is 3.07. The summed E-state index contributed by atoms with van der Waals surface area (Å²) in [6.07, 6.45) is 0. The normalized spacial score (nSPS) is 17.8. The second-order valence-electron chi connectivity index (χ2n) is 6.32. The van der Waals surface area contributed by atoms with E-state index in [2.05, 4.69) is 15.2 Å². The Morgan fingerprint density at radius 1 is 1.40 bits per heavy atom. The third-order valence-corrected chi connectivity index (χ3v) is 5.00. The minimum Gasteiger partial charge on any atom is -0.368 e. The van der Waals surface area contributed by atoms with Gasteiger partial charge in [0.2, 0.25) is 5.91 Å². The van der Waals surface area contributed by atoms with Crippen molar-refractivity contribution >= 4 is 28.5 Å².